The molecule has 0 aliphatic rings. The van der Waals surface area contributed by atoms with Crippen LogP contribution in [0.3, 0.4) is 0 Å². The Morgan fingerprint density at radius 2 is 2.00 bits per heavy atom. The number of halogens is 1. The number of benzene rings is 2. The highest BCUT2D eigenvalue weighted by Crippen LogP contribution is 2.27. The molecule has 0 bridgehead atoms. The maximum atomic E-state index is 12.0. The SMILES string of the molecule is COc1ccc([C@H](C)[NH2+]CC(=O)Nc2ccc([N+](=O)[O-])cc2)cc1Br. The molecule has 7 nitrogen and oxygen atoms in total. The predicted octanol–water partition coefficient (Wildman–Crippen LogP) is 2.63. The fourth-order valence-electron chi connectivity index (χ4n) is 2.26. The van der Waals surface area contributed by atoms with Crippen molar-refractivity contribution in [3.05, 3.63) is 62.6 Å². The average Bonchev–Trinajstić information content (AvgIpc) is 2.60. The van der Waals surface area contributed by atoms with Crippen LogP contribution in [-0.4, -0.2) is 24.5 Å². The Labute approximate surface area is 153 Å². The van der Waals surface area contributed by atoms with E-state index < -0.39 is 4.92 Å². The Hall–Kier alpha value is -2.45. The molecule has 2 rings (SSSR count). The minimum atomic E-state index is -0.478. The van der Waals surface area contributed by atoms with E-state index in [0.717, 1.165) is 15.8 Å². The van der Waals surface area contributed by atoms with Crippen molar-refractivity contribution in [3.63, 3.8) is 0 Å². The molecule has 0 aromatic heterocycles. The number of hydrogen-bond acceptors (Lipinski definition) is 4. The lowest BCUT2D eigenvalue weighted by Gasteiger charge is -2.13. The molecule has 0 unspecified atom stereocenters. The molecule has 0 saturated carbocycles. The van der Waals surface area contributed by atoms with Gasteiger partial charge in [-0.1, -0.05) is 0 Å². The molecule has 0 radical (unpaired) electrons. The van der Waals surface area contributed by atoms with Crippen molar-refractivity contribution in [2.24, 2.45) is 0 Å². The number of hydrogen-bond donors (Lipinski definition) is 2. The molecule has 2 aromatic carbocycles. The minimum absolute atomic E-state index is 0.0109. The summed E-state index contributed by atoms with van der Waals surface area (Å²) in [4.78, 5) is 22.2. The number of nitro groups is 1. The number of rotatable bonds is 7. The predicted molar refractivity (Wildman–Crippen MR) is 97.6 cm³/mol. The second kappa shape index (κ2) is 8.59. The monoisotopic (exact) mass is 408 g/mol. The van der Waals surface area contributed by atoms with Gasteiger partial charge in [-0.3, -0.25) is 14.9 Å². The number of nitrogens with one attached hydrogen (secondary N) is 1. The summed E-state index contributed by atoms with van der Waals surface area (Å²) in [5.41, 5.74) is 1.59. The third kappa shape index (κ3) is 5.27. The number of nitro benzene ring substituents is 1. The molecule has 0 fully saturated rings. The van der Waals surface area contributed by atoms with Gasteiger partial charge in [0.1, 0.15) is 11.8 Å². The van der Waals surface area contributed by atoms with Gasteiger partial charge in [0, 0.05) is 23.4 Å². The van der Waals surface area contributed by atoms with Gasteiger partial charge in [-0.25, -0.2) is 0 Å². The van der Waals surface area contributed by atoms with Crippen LogP contribution < -0.4 is 15.4 Å². The summed E-state index contributed by atoms with van der Waals surface area (Å²) in [6.07, 6.45) is 0. The average molecular weight is 409 g/mol. The van der Waals surface area contributed by atoms with Crippen LogP contribution in [0.1, 0.15) is 18.5 Å². The van der Waals surface area contributed by atoms with Crippen LogP contribution in [0, 0.1) is 10.1 Å². The van der Waals surface area contributed by atoms with Crippen molar-refractivity contribution in [1.29, 1.82) is 0 Å². The third-order valence-electron chi connectivity index (χ3n) is 3.72. The first kappa shape index (κ1) is 18.9. The Morgan fingerprint density at radius 1 is 1.32 bits per heavy atom. The highest BCUT2D eigenvalue weighted by molar-refractivity contribution is 9.10. The van der Waals surface area contributed by atoms with E-state index in [1.807, 2.05) is 30.4 Å². The highest BCUT2D eigenvalue weighted by Gasteiger charge is 2.14. The zero-order chi connectivity index (χ0) is 18.4. The summed E-state index contributed by atoms with van der Waals surface area (Å²) >= 11 is 3.45. The number of carbonyl (C=O) groups is 1. The summed E-state index contributed by atoms with van der Waals surface area (Å²) in [5, 5.41) is 15.2. The Kier molecular flexibility index (Phi) is 6.49. The van der Waals surface area contributed by atoms with Crippen LogP contribution >= 0.6 is 15.9 Å². The number of non-ortho nitro benzene ring substituents is 1. The lowest BCUT2D eigenvalue weighted by atomic mass is 10.1. The number of anilines is 1. The number of ether oxygens (including phenoxy) is 1. The van der Waals surface area contributed by atoms with Crippen molar-refractivity contribution in [2.75, 3.05) is 19.0 Å². The molecule has 8 heteroatoms. The van der Waals surface area contributed by atoms with Gasteiger partial charge in [-0.05, 0) is 53.2 Å². The molecule has 0 aliphatic heterocycles. The van der Waals surface area contributed by atoms with Gasteiger partial charge < -0.3 is 15.4 Å². The number of nitrogens with zero attached hydrogens (tertiary/aromatic N) is 1. The lowest BCUT2D eigenvalue weighted by Crippen LogP contribution is -2.86. The van der Waals surface area contributed by atoms with E-state index in [-0.39, 0.29) is 24.2 Å². The van der Waals surface area contributed by atoms with Gasteiger partial charge in [0.05, 0.1) is 16.5 Å². The molecule has 2 aromatic rings. The van der Waals surface area contributed by atoms with Crippen LogP contribution in [0.4, 0.5) is 11.4 Å². The number of amides is 1. The fourth-order valence-corrected chi connectivity index (χ4v) is 2.82. The van der Waals surface area contributed by atoms with Crippen LogP contribution in [0.5, 0.6) is 5.75 Å². The molecule has 0 spiro atoms. The Bertz CT molecular complexity index is 765. The zero-order valence-electron chi connectivity index (χ0n) is 13.9. The molecular formula is C17H19BrN3O4+. The van der Waals surface area contributed by atoms with E-state index in [1.165, 1.54) is 24.3 Å². The van der Waals surface area contributed by atoms with Gasteiger partial charge in [0.15, 0.2) is 6.54 Å². The van der Waals surface area contributed by atoms with Crippen molar-refractivity contribution in [3.8, 4) is 5.75 Å². The summed E-state index contributed by atoms with van der Waals surface area (Å²) in [5.74, 6) is 0.583. The van der Waals surface area contributed by atoms with Gasteiger partial charge in [0.25, 0.3) is 11.6 Å². The molecule has 132 valence electrons. The van der Waals surface area contributed by atoms with Crippen molar-refractivity contribution < 1.29 is 19.8 Å². The first-order chi connectivity index (χ1) is 11.9. The first-order valence-corrected chi connectivity index (χ1v) is 8.41. The lowest BCUT2D eigenvalue weighted by molar-refractivity contribution is -0.682. The summed E-state index contributed by atoms with van der Waals surface area (Å²) in [7, 11) is 1.61. The summed E-state index contributed by atoms with van der Waals surface area (Å²) in [6.45, 7) is 2.25. The maximum Gasteiger partial charge on any atom is 0.279 e. The third-order valence-corrected chi connectivity index (χ3v) is 4.34. The molecule has 25 heavy (non-hydrogen) atoms. The molecule has 1 atom stereocenters. The summed E-state index contributed by atoms with van der Waals surface area (Å²) < 4.78 is 6.07. The quantitative estimate of drug-likeness (QED) is 0.543. The second-order valence-electron chi connectivity index (χ2n) is 5.47. The van der Waals surface area contributed by atoms with E-state index in [2.05, 4.69) is 21.2 Å². The number of carbonyl (C=O) groups excluding carboxylic acids is 1. The molecule has 3 N–H and O–H groups in total. The Balaban J connectivity index is 1.88. The van der Waals surface area contributed by atoms with E-state index in [1.54, 1.807) is 7.11 Å². The number of nitrogens with two attached hydrogens (primary N) is 1. The van der Waals surface area contributed by atoms with Crippen molar-refractivity contribution in [1.82, 2.24) is 0 Å². The molecular weight excluding hydrogens is 390 g/mol. The van der Waals surface area contributed by atoms with Gasteiger partial charge in [-0.15, -0.1) is 0 Å². The maximum absolute atomic E-state index is 12.0. The molecule has 0 saturated heterocycles. The van der Waals surface area contributed by atoms with Crippen molar-refractivity contribution in [2.45, 2.75) is 13.0 Å². The van der Waals surface area contributed by atoms with E-state index >= 15 is 0 Å². The zero-order valence-corrected chi connectivity index (χ0v) is 15.4. The first-order valence-electron chi connectivity index (χ1n) is 7.61. The van der Waals surface area contributed by atoms with Crippen LogP contribution in [0.25, 0.3) is 0 Å². The van der Waals surface area contributed by atoms with Crippen LogP contribution in [0.15, 0.2) is 46.9 Å². The van der Waals surface area contributed by atoms with E-state index in [0.29, 0.717) is 5.69 Å². The highest BCUT2D eigenvalue weighted by atomic mass is 79.9. The topological polar surface area (TPSA) is 98.1 Å². The van der Waals surface area contributed by atoms with Crippen LogP contribution in [-0.2, 0) is 4.79 Å². The Morgan fingerprint density at radius 3 is 2.56 bits per heavy atom. The largest absolute Gasteiger partial charge is 0.496 e. The number of methoxy groups -OCH3 is 1. The van der Waals surface area contributed by atoms with Gasteiger partial charge >= 0.3 is 0 Å². The van der Waals surface area contributed by atoms with Crippen LogP contribution in [0.2, 0.25) is 0 Å². The standard InChI is InChI=1S/C17H18BrN3O4/c1-11(12-3-8-16(25-2)15(18)9-12)19-10-17(22)20-13-4-6-14(7-5-13)21(23)24/h3-9,11,19H,10H2,1-2H3,(H,20,22)/p+1/t11-/m0/s1. The normalized spacial score (nSPS) is 11.6. The summed E-state index contributed by atoms with van der Waals surface area (Å²) in [6, 6.07) is 11.6. The fraction of sp³-hybridized carbons (Fsp3) is 0.235. The molecule has 0 heterocycles. The van der Waals surface area contributed by atoms with Crippen molar-refractivity contribution >= 4 is 33.2 Å². The van der Waals surface area contributed by atoms with E-state index in [9.17, 15) is 14.9 Å². The van der Waals surface area contributed by atoms with Gasteiger partial charge in [0.2, 0.25) is 0 Å². The van der Waals surface area contributed by atoms with E-state index in [4.69, 9.17) is 4.74 Å². The second-order valence-corrected chi connectivity index (χ2v) is 6.33. The minimum Gasteiger partial charge on any atom is -0.496 e. The van der Waals surface area contributed by atoms with Gasteiger partial charge in [-0.2, -0.15) is 0 Å². The smallest absolute Gasteiger partial charge is 0.279 e. The molecule has 0 aliphatic carbocycles. The molecule has 1 amide bonds. The number of quaternary nitrogens is 1.